The maximum atomic E-state index is 13.8. The third-order valence-electron chi connectivity index (χ3n) is 6.55. The van der Waals surface area contributed by atoms with Gasteiger partial charge in [0.1, 0.15) is 11.6 Å². The van der Waals surface area contributed by atoms with Crippen molar-refractivity contribution >= 4 is 17.9 Å². The van der Waals surface area contributed by atoms with Crippen LogP contribution in [-0.4, -0.2) is 52.8 Å². The molecular weight excluding hydrogens is 438 g/mol. The van der Waals surface area contributed by atoms with E-state index in [4.69, 9.17) is 0 Å². The molecule has 2 aliphatic heterocycles. The molecule has 4 rings (SSSR count). The summed E-state index contributed by atoms with van der Waals surface area (Å²) in [6, 6.07) is 3.14. The summed E-state index contributed by atoms with van der Waals surface area (Å²) in [5.41, 5.74) is 3.98. The Hall–Kier alpha value is -3.13. The van der Waals surface area contributed by atoms with Crippen LogP contribution >= 0.6 is 0 Å². The van der Waals surface area contributed by atoms with Crippen molar-refractivity contribution in [1.82, 2.24) is 20.1 Å². The molecule has 0 spiro atoms. The number of amides is 2. The van der Waals surface area contributed by atoms with Crippen LogP contribution in [0.3, 0.4) is 0 Å². The molecule has 0 saturated carbocycles. The Labute approximate surface area is 198 Å². The van der Waals surface area contributed by atoms with E-state index in [2.05, 4.69) is 15.2 Å². The van der Waals surface area contributed by atoms with Crippen molar-refractivity contribution in [2.24, 2.45) is 0 Å². The number of hydrogen-bond donors (Lipinski definition) is 1. The summed E-state index contributed by atoms with van der Waals surface area (Å²) in [5.74, 6) is -1.40. The minimum Gasteiger partial charge on any atom is -0.351 e. The number of carbonyl (C=O) groups is 2. The van der Waals surface area contributed by atoms with Gasteiger partial charge in [-0.1, -0.05) is 6.42 Å². The molecule has 1 aromatic heterocycles. The van der Waals surface area contributed by atoms with Gasteiger partial charge in [-0.15, -0.1) is 0 Å². The highest BCUT2D eigenvalue weighted by Gasteiger charge is 2.23. The minimum atomic E-state index is -0.582. The summed E-state index contributed by atoms with van der Waals surface area (Å²) >= 11 is 0. The van der Waals surface area contributed by atoms with E-state index in [9.17, 15) is 18.4 Å². The average Bonchev–Trinajstić information content (AvgIpc) is 2.84. The largest absolute Gasteiger partial charge is 0.351 e. The van der Waals surface area contributed by atoms with Crippen molar-refractivity contribution in [1.29, 1.82) is 0 Å². The number of likely N-dealkylation sites (tertiary alicyclic amines) is 1. The van der Waals surface area contributed by atoms with Gasteiger partial charge in [0.2, 0.25) is 11.8 Å². The van der Waals surface area contributed by atoms with E-state index in [1.165, 1.54) is 18.6 Å². The topological polar surface area (TPSA) is 65.5 Å². The summed E-state index contributed by atoms with van der Waals surface area (Å²) in [6.07, 6.45) is 8.51. The van der Waals surface area contributed by atoms with E-state index < -0.39 is 11.6 Å². The molecule has 1 fully saturated rings. The lowest BCUT2D eigenvalue weighted by molar-refractivity contribution is -0.126. The molecule has 1 N–H and O–H groups in total. The Balaban J connectivity index is 1.39. The van der Waals surface area contributed by atoms with Gasteiger partial charge in [0.05, 0.1) is 6.54 Å². The molecule has 8 heteroatoms. The highest BCUT2D eigenvalue weighted by molar-refractivity contribution is 5.92. The van der Waals surface area contributed by atoms with Crippen LogP contribution in [0.5, 0.6) is 0 Å². The monoisotopic (exact) mass is 468 g/mol. The zero-order valence-electron chi connectivity index (χ0n) is 19.4. The van der Waals surface area contributed by atoms with Gasteiger partial charge in [0.15, 0.2) is 0 Å². The van der Waals surface area contributed by atoms with Crippen molar-refractivity contribution in [2.75, 3.05) is 26.2 Å². The normalized spacial score (nSPS) is 16.5. The van der Waals surface area contributed by atoms with E-state index in [-0.39, 0.29) is 17.4 Å². The van der Waals surface area contributed by atoms with E-state index >= 15 is 0 Å². The third kappa shape index (κ3) is 5.86. The molecule has 34 heavy (non-hydrogen) atoms. The van der Waals surface area contributed by atoms with Crippen molar-refractivity contribution in [3.8, 4) is 0 Å². The number of nitrogens with one attached hydrogen (secondary N) is 1. The first-order chi connectivity index (χ1) is 16.4. The third-order valence-corrected chi connectivity index (χ3v) is 6.55. The van der Waals surface area contributed by atoms with Crippen molar-refractivity contribution in [3.63, 3.8) is 0 Å². The first kappa shape index (κ1) is 24.0. The fourth-order valence-corrected chi connectivity index (χ4v) is 4.62. The van der Waals surface area contributed by atoms with Crippen molar-refractivity contribution < 1.29 is 18.4 Å². The molecule has 3 heterocycles. The van der Waals surface area contributed by atoms with Crippen LogP contribution in [0.1, 0.15) is 47.2 Å². The smallest absolute Gasteiger partial charge is 0.246 e. The maximum absolute atomic E-state index is 13.8. The molecule has 1 saturated heterocycles. The molecule has 0 unspecified atom stereocenters. The molecule has 0 aliphatic carbocycles. The molecule has 0 bridgehead atoms. The highest BCUT2D eigenvalue weighted by atomic mass is 19.1. The van der Waals surface area contributed by atoms with Crippen LogP contribution in [0.25, 0.3) is 6.08 Å². The van der Waals surface area contributed by atoms with Crippen LogP contribution in [0, 0.1) is 18.6 Å². The van der Waals surface area contributed by atoms with Gasteiger partial charge in [-0.05, 0) is 80.2 Å². The van der Waals surface area contributed by atoms with E-state index in [0.29, 0.717) is 32.6 Å². The van der Waals surface area contributed by atoms with Crippen LogP contribution in [0.15, 0.2) is 30.5 Å². The standard InChI is InChI=1S/C26H30F2N4O2/c1-18-23(15-30-25(33)17-31-10-3-2-4-11-31)22-9-12-32(16-20(22)14-29-18)26(34)8-5-19-13-21(27)6-7-24(19)28/h5-8,13-14H,2-4,9-12,15-17H2,1H3,(H,30,33). The average molecular weight is 469 g/mol. The molecule has 0 atom stereocenters. The molecule has 180 valence electrons. The number of nitrogens with zero attached hydrogens (tertiary/aromatic N) is 3. The molecule has 6 nitrogen and oxygen atoms in total. The Bertz CT molecular complexity index is 1100. The number of aryl methyl sites for hydroxylation is 1. The number of fused-ring (bicyclic) bond motifs is 1. The maximum Gasteiger partial charge on any atom is 0.246 e. The number of benzene rings is 1. The number of hydrogen-bond acceptors (Lipinski definition) is 4. The Morgan fingerprint density at radius 1 is 1.15 bits per heavy atom. The first-order valence-electron chi connectivity index (χ1n) is 11.8. The van der Waals surface area contributed by atoms with Gasteiger partial charge in [-0.3, -0.25) is 19.5 Å². The lowest BCUT2D eigenvalue weighted by Gasteiger charge is -2.30. The Kier molecular flexibility index (Phi) is 7.67. The number of halogens is 2. The minimum absolute atomic E-state index is 0.0150. The van der Waals surface area contributed by atoms with Crippen LogP contribution in [-0.2, 0) is 29.1 Å². The summed E-state index contributed by atoms with van der Waals surface area (Å²) in [5, 5.41) is 3.04. The van der Waals surface area contributed by atoms with E-state index in [0.717, 1.165) is 66.5 Å². The number of pyridine rings is 1. The number of carbonyl (C=O) groups excluding carboxylic acids is 2. The van der Waals surface area contributed by atoms with Crippen molar-refractivity contribution in [3.05, 3.63) is 70.1 Å². The second-order valence-corrected chi connectivity index (χ2v) is 8.95. The second kappa shape index (κ2) is 10.9. The second-order valence-electron chi connectivity index (χ2n) is 8.95. The quantitative estimate of drug-likeness (QED) is 0.661. The van der Waals surface area contributed by atoms with Crippen LogP contribution < -0.4 is 5.32 Å². The van der Waals surface area contributed by atoms with E-state index in [1.807, 2.05) is 6.92 Å². The lowest BCUT2D eigenvalue weighted by Crippen LogP contribution is -2.40. The molecule has 0 radical (unpaired) electrons. The summed E-state index contributed by atoms with van der Waals surface area (Å²) < 4.78 is 27.2. The molecular formula is C26H30F2N4O2. The fraction of sp³-hybridized carbons (Fsp3) is 0.423. The first-order valence-corrected chi connectivity index (χ1v) is 11.8. The molecule has 2 aromatic rings. The molecule has 2 aliphatic rings. The van der Waals surface area contributed by atoms with Gasteiger partial charge in [0, 0.05) is 43.2 Å². The molecule has 2 amide bonds. The zero-order valence-corrected chi connectivity index (χ0v) is 19.4. The fourth-order valence-electron chi connectivity index (χ4n) is 4.62. The van der Waals surface area contributed by atoms with Gasteiger partial charge >= 0.3 is 0 Å². The van der Waals surface area contributed by atoms with Gasteiger partial charge in [-0.2, -0.15) is 0 Å². The summed E-state index contributed by atoms with van der Waals surface area (Å²) in [6.45, 7) is 5.59. The van der Waals surface area contributed by atoms with Crippen molar-refractivity contribution in [2.45, 2.75) is 45.7 Å². The zero-order chi connectivity index (χ0) is 24.1. The SMILES string of the molecule is Cc1ncc2c(c1CNC(=O)CN1CCCCC1)CCN(C(=O)C=Cc1cc(F)ccc1F)C2. The Morgan fingerprint density at radius 3 is 2.74 bits per heavy atom. The Morgan fingerprint density at radius 2 is 1.94 bits per heavy atom. The number of rotatable bonds is 6. The predicted molar refractivity (Wildman–Crippen MR) is 126 cm³/mol. The van der Waals surface area contributed by atoms with Gasteiger partial charge in [0.25, 0.3) is 0 Å². The highest BCUT2D eigenvalue weighted by Crippen LogP contribution is 2.24. The van der Waals surface area contributed by atoms with Crippen LogP contribution in [0.4, 0.5) is 8.78 Å². The summed E-state index contributed by atoms with van der Waals surface area (Å²) in [4.78, 5) is 33.5. The summed E-state index contributed by atoms with van der Waals surface area (Å²) in [7, 11) is 0. The number of aromatic nitrogens is 1. The predicted octanol–water partition coefficient (Wildman–Crippen LogP) is 3.37. The van der Waals surface area contributed by atoms with Gasteiger partial charge < -0.3 is 10.2 Å². The van der Waals surface area contributed by atoms with Gasteiger partial charge in [-0.25, -0.2) is 8.78 Å². The number of piperidine rings is 1. The van der Waals surface area contributed by atoms with Crippen LogP contribution in [0.2, 0.25) is 0 Å². The molecule has 1 aromatic carbocycles. The van der Waals surface area contributed by atoms with E-state index in [1.54, 1.807) is 11.1 Å². The lowest BCUT2D eigenvalue weighted by atomic mass is 9.94.